The molecule has 0 fully saturated rings. The molecule has 27 heavy (non-hydrogen) atoms. The third-order valence-electron chi connectivity index (χ3n) is 3.55. The Bertz CT molecular complexity index is 787. The van der Waals surface area contributed by atoms with Crippen molar-refractivity contribution in [3.8, 4) is 11.5 Å². The predicted molar refractivity (Wildman–Crippen MR) is 94.8 cm³/mol. The number of rotatable bonds is 7. The van der Waals surface area contributed by atoms with Gasteiger partial charge in [-0.25, -0.2) is 0 Å². The topological polar surface area (TPSA) is 18.5 Å². The SMILES string of the molecule is FC(F)Oc1ccc([S+](c2ccccc2)c2ccc(OC(F)F)cc2)cc1. The lowest BCUT2D eigenvalue weighted by molar-refractivity contribution is -0.0505. The summed E-state index contributed by atoms with van der Waals surface area (Å²) in [5.74, 6) is 0.150. The highest BCUT2D eigenvalue weighted by Gasteiger charge is 2.28. The summed E-state index contributed by atoms with van der Waals surface area (Å²) in [6.07, 6.45) is 0. The van der Waals surface area contributed by atoms with Crippen molar-refractivity contribution >= 4 is 10.9 Å². The first-order chi connectivity index (χ1) is 13.0. The highest BCUT2D eigenvalue weighted by molar-refractivity contribution is 7.97. The van der Waals surface area contributed by atoms with E-state index in [0.29, 0.717) is 0 Å². The second-order valence-electron chi connectivity index (χ2n) is 5.32. The molecule has 2 nitrogen and oxygen atoms in total. The van der Waals surface area contributed by atoms with E-state index in [4.69, 9.17) is 0 Å². The molecule has 3 rings (SSSR count). The third-order valence-corrected chi connectivity index (χ3v) is 5.78. The minimum atomic E-state index is -2.88. The molecular weight excluding hydrogens is 380 g/mol. The fraction of sp³-hybridized carbons (Fsp3) is 0.100. The van der Waals surface area contributed by atoms with Crippen molar-refractivity contribution in [3.63, 3.8) is 0 Å². The number of hydrogen-bond acceptors (Lipinski definition) is 2. The maximum atomic E-state index is 12.4. The Balaban J connectivity index is 1.94. The summed E-state index contributed by atoms with van der Waals surface area (Å²) in [6, 6.07) is 22.4. The number of alkyl halides is 4. The molecule has 0 N–H and O–H groups in total. The first kappa shape index (κ1) is 19.1. The lowest BCUT2D eigenvalue weighted by Crippen LogP contribution is -2.06. The molecule has 0 unspecified atom stereocenters. The third kappa shape index (κ3) is 5.17. The van der Waals surface area contributed by atoms with E-state index in [1.165, 1.54) is 24.3 Å². The molecule has 0 bridgehead atoms. The van der Waals surface area contributed by atoms with E-state index >= 15 is 0 Å². The van der Waals surface area contributed by atoms with Gasteiger partial charge in [-0.05, 0) is 60.7 Å². The van der Waals surface area contributed by atoms with E-state index in [1.807, 2.05) is 30.3 Å². The molecule has 0 heterocycles. The van der Waals surface area contributed by atoms with Crippen LogP contribution in [0.4, 0.5) is 17.6 Å². The molecule has 0 aliphatic carbocycles. The minimum Gasteiger partial charge on any atom is -0.435 e. The Morgan fingerprint density at radius 2 is 0.889 bits per heavy atom. The van der Waals surface area contributed by atoms with Crippen molar-refractivity contribution in [3.05, 3.63) is 78.9 Å². The zero-order valence-electron chi connectivity index (χ0n) is 13.9. The molecule has 3 aromatic rings. The molecule has 0 aromatic heterocycles. The molecule has 3 aromatic carbocycles. The Morgan fingerprint density at radius 1 is 0.519 bits per heavy atom. The average Bonchev–Trinajstić information content (AvgIpc) is 2.65. The molecular formula is C20H15F4O2S+. The van der Waals surface area contributed by atoms with Gasteiger partial charge >= 0.3 is 13.2 Å². The lowest BCUT2D eigenvalue weighted by Gasteiger charge is -2.10. The van der Waals surface area contributed by atoms with E-state index in [9.17, 15) is 17.6 Å². The molecule has 0 spiro atoms. The standard InChI is InChI=1S/C20H15F4O2S/c21-19(22)25-14-6-10-17(11-7-14)27(16-4-2-1-3-5-16)18-12-8-15(9-13-18)26-20(23)24/h1-13,19-20H/q+1. The van der Waals surface area contributed by atoms with Crippen LogP contribution in [-0.4, -0.2) is 13.2 Å². The molecule has 0 aliphatic heterocycles. The monoisotopic (exact) mass is 395 g/mol. The molecule has 0 radical (unpaired) electrons. The van der Waals surface area contributed by atoms with E-state index in [0.717, 1.165) is 14.7 Å². The number of hydrogen-bond donors (Lipinski definition) is 0. The summed E-state index contributed by atoms with van der Waals surface area (Å²) in [5, 5.41) is 0. The van der Waals surface area contributed by atoms with E-state index in [2.05, 4.69) is 9.47 Å². The van der Waals surface area contributed by atoms with E-state index in [1.54, 1.807) is 24.3 Å². The van der Waals surface area contributed by atoms with Crippen LogP contribution < -0.4 is 9.47 Å². The second kappa shape index (κ2) is 8.81. The Morgan fingerprint density at radius 3 is 1.26 bits per heavy atom. The maximum Gasteiger partial charge on any atom is 0.387 e. The molecule has 0 saturated heterocycles. The quantitative estimate of drug-likeness (QED) is 0.362. The fourth-order valence-electron chi connectivity index (χ4n) is 2.48. The maximum absolute atomic E-state index is 12.4. The molecule has 0 saturated carbocycles. The van der Waals surface area contributed by atoms with Gasteiger partial charge in [-0.3, -0.25) is 0 Å². The van der Waals surface area contributed by atoms with Crippen molar-refractivity contribution in [1.82, 2.24) is 0 Å². The molecule has 0 atom stereocenters. The van der Waals surface area contributed by atoms with Gasteiger partial charge in [0.15, 0.2) is 14.7 Å². The van der Waals surface area contributed by atoms with Crippen LogP contribution in [0.3, 0.4) is 0 Å². The molecule has 7 heteroatoms. The lowest BCUT2D eigenvalue weighted by atomic mass is 10.3. The van der Waals surface area contributed by atoms with Crippen LogP contribution in [0.2, 0.25) is 0 Å². The van der Waals surface area contributed by atoms with Gasteiger partial charge in [0.05, 0.1) is 10.9 Å². The second-order valence-corrected chi connectivity index (χ2v) is 7.35. The van der Waals surface area contributed by atoms with Gasteiger partial charge in [0.2, 0.25) is 0 Å². The summed E-state index contributed by atoms with van der Waals surface area (Å²) < 4.78 is 58.2. The Hall–Kier alpha value is -2.67. The van der Waals surface area contributed by atoms with Gasteiger partial charge in [-0.2, -0.15) is 17.6 Å². The first-order valence-corrected chi connectivity index (χ1v) is 9.14. The average molecular weight is 395 g/mol. The summed E-state index contributed by atoms with van der Waals surface area (Å²) in [4.78, 5) is 2.76. The van der Waals surface area contributed by atoms with Crippen molar-refractivity contribution < 1.29 is 27.0 Å². The summed E-state index contributed by atoms with van der Waals surface area (Å²) in [7, 11) is -0.543. The van der Waals surface area contributed by atoms with E-state index in [-0.39, 0.29) is 11.5 Å². The van der Waals surface area contributed by atoms with Crippen LogP contribution in [0.5, 0.6) is 11.5 Å². The van der Waals surface area contributed by atoms with Crippen LogP contribution in [0.15, 0.2) is 93.5 Å². The Labute approximate surface area is 156 Å². The predicted octanol–water partition coefficient (Wildman–Crippen LogP) is 5.98. The van der Waals surface area contributed by atoms with Crippen LogP contribution in [0.1, 0.15) is 0 Å². The highest BCUT2D eigenvalue weighted by Crippen LogP contribution is 2.33. The van der Waals surface area contributed by atoms with Gasteiger partial charge in [0.1, 0.15) is 11.5 Å². The van der Waals surface area contributed by atoms with Gasteiger partial charge in [0.25, 0.3) is 0 Å². The van der Waals surface area contributed by atoms with E-state index < -0.39 is 24.1 Å². The van der Waals surface area contributed by atoms with Crippen molar-refractivity contribution in [2.45, 2.75) is 27.9 Å². The van der Waals surface area contributed by atoms with Crippen molar-refractivity contribution in [1.29, 1.82) is 0 Å². The van der Waals surface area contributed by atoms with Crippen molar-refractivity contribution in [2.75, 3.05) is 0 Å². The molecule has 0 aliphatic rings. The van der Waals surface area contributed by atoms with Crippen molar-refractivity contribution in [2.24, 2.45) is 0 Å². The largest absolute Gasteiger partial charge is 0.435 e. The Kier molecular flexibility index (Phi) is 6.24. The highest BCUT2D eigenvalue weighted by atomic mass is 32.2. The van der Waals surface area contributed by atoms with Crippen LogP contribution in [-0.2, 0) is 10.9 Å². The zero-order valence-corrected chi connectivity index (χ0v) is 14.7. The first-order valence-electron chi connectivity index (χ1n) is 7.92. The van der Waals surface area contributed by atoms with Gasteiger partial charge in [0, 0.05) is 0 Å². The van der Waals surface area contributed by atoms with Crippen LogP contribution in [0.25, 0.3) is 0 Å². The van der Waals surface area contributed by atoms with Gasteiger partial charge < -0.3 is 9.47 Å². The minimum absolute atomic E-state index is 0.0750. The molecule has 0 amide bonds. The smallest absolute Gasteiger partial charge is 0.387 e. The normalized spacial score (nSPS) is 11.2. The zero-order chi connectivity index (χ0) is 19.2. The van der Waals surface area contributed by atoms with Gasteiger partial charge in [-0.1, -0.05) is 18.2 Å². The number of benzene rings is 3. The summed E-state index contributed by atoms with van der Waals surface area (Å²) in [6.45, 7) is -5.77. The van der Waals surface area contributed by atoms with Crippen LogP contribution in [0, 0.1) is 0 Å². The summed E-state index contributed by atoms with van der Waals surface area (Å²) in [5.41, 5.74) is 0. The number of ether oxygens (including phenoxy) is 2. The number of halogens is 4. The van der Waals surface area contributed by atoms with Crippen LogP contribution >= 0.6 is 0 Å². The summed E-state index contributed by atoms with van der Waals surface area (Å²) >= 11 is 0. The van der Waals surface area contributed by atoms with Gasteiger partial charge in [-0.15, -0.1) is 0 Å². The fourth-order valence-corrected chi connectivity index (χ4v) is 4.54. The molecule has 140 valence electrons.